The quantitative estimate of drug-likeness (QED) is 0.257. The highest BCUT2D eigenvalue weighted by Crippen LogP contribution is 2.35. The Morgan fingerprint density at radius 1 is 1.03 bits per heavy atom. The minimum absolute atomic E-state index is 0.0225. The highest BCUT2D eigenvalue weighted by atomic mass is 32.1. The molecule has 0 unspecified atom stereocenters. The van der Waals surface area contributed by atoms with Crippen molar-refractivity contribution in [3.05, 3.63) is 100 Å². The number of para-hydroxylation sites is 1. The summed E-state index contributed by atoms with van der Waals surface area (Å²) in [5.74, 6) is 0.0225. The van der Waals surface area contributed by atoms with E-state index < -0.39 is 0 Å². The molecule has 178 valence electrons. The largest absolute Gasteiger partial charge is 0.473 e. The summed E-state index contributed by atoms with van der Waals surface area (Å²) in [6, 6.07) is 19.9. The van der Waals surface area contributed by atoms with Gasteiger partial charge in [0.15, 0.2) is 0 Å². The molecule has 4 heterocycles. The zero-order valence-corrected chi connectivity index (χ0v) is 21.3. The summed E-state index contributed by atoms with van der Waals surface area (Å²) in [5.41, 5.74) is 6.31. The number of benzene rings is 2. The topological polar surface area (TPSA) is 69.9 Å². The molecule has 0 saturated heterocycles. The molecule has 0 fully saturated rings. The van der Waals surface area contributed by atoms with E-state index >= 15 is 0 Å². The van der Waals surface area contributed by atoms with Gasteiger partial charge in [0, 0.05) is 35.3 Å². The molecule has 0 spiro atoms. The first-order valence-corrected chi connectivity index (χ1v) is 13.2. The molecule has 2 aromatic carbocycles. The predicted molar refractivity (Wildman–Crippen MR) is 147 cm³/mol. The summed E-state index contributed by atoms with van der Waals surface area (Å²) in [6.45, 7) is 2.14. The van der Waals surface area contributed by atoms with E-state index in [2.05, 4.69) is 27.9 Å². The fourth-order valence-electron chi connectivity index (χ4n) is 4.66. The van der Waals surface area contributed by atoms with Crippen LogP contribution >= 0.6 is 22.7 Å². The summed E-state index contributed by atoms with van der Waals surface area (Å²) in [7, 11) is 1.60. The standard InChI is InChI=1S/C28H22N4O2S2/c1-17(13-21-26-23(11-12-29-21)35-16-31-26)22-14-18-7-6-10-20(24-15-30-28(34-2)36-24)25(18)27(33)32(22)19-8-4-3-5-9-19/h3-12,14-17H,13H2,1-2H3/t17-/m1/s1. The Morgan fingerprint density at radius 2 is 1.89 bits per heavy atom. The van der Waals surface area contributed by atoms with Gasteiger partial charge >= 0.3 is 0 Å². The van der Waals surface area contributed by atoms with E-state index in [-0.39, 0.29) is 11.5 Å². The molecular formula is C28H22N4O2S2. The lowest BCUT2D eigenvalue weighted by Crippen LogP contribution is -2.24. The van der Waals surface area contributed by atoms with E-state index in [0.717, 1.165) is 43.1 Å². The van der Waals surface area contributed by atoms with Gasteiger partial charge in [0.2, 0.25) is 0 Å². The number of hydrogen-bond donors (Lipinski definition) is 0. The van der Waals surface area contributed by atoms with Gasteiger partial charge in [0.1, 0.15) is 5.52 Å². The first-order chi connectivity index (χ1) is 17.6. The van der Waals surface area contributed by atoms with Crippen LogP contribution in [0.2, 0.25) is 0 Å². The molecule has 4 aromatic heterocycles. The average Bonchev–Trinajstić information content (AvgIpc) is 3.59. The molecule has 0 aliphatic heterocycles. The minimum atomic E-state index is -0.0525. The molecule has 0 amide bonds. The monoisotopic (exact) mass is 510 g/mol. The molecule has 8 heteroatoms. The van der Waals surface area contributed by atoms with Gasteiger partial charge < -0.3 is 4.74 Å². The summed E-state index contributed by atoms with van der Waals surface area (Å²) in [4.78, 5) is 28.6. The van der Waals surface area contributed by atoms with Crippen LogP contribution in [0.4, 0.5) is 0 Å². The van der Waals surface area contributed by atoms with Crippen LogP contribution in [0, 0.1) is 0 Å². The lowest BCUT2D eigenvalue weighted by molar-refractivity contribution is 0.412. The van der Waals surface area contributed by atoms with Crippen molar-refractivity contribution in [3.63, 3.8) is 0 Å². The lowest BCUT2D eigenvalue weighted by atomic mass is 9.96. The van der Waals surface area contributed by atoms with Crippen LogP contribution in [0.3, 0.4) is 0 Å². The number of thiazole rings is 2. The van der Waals surface area contributed by atoms with Gasteiger partial charge in [-0.3, -0.25) is 14.3 Å². The van der Waals surface area contributed by atoms with Crippen LogP contribution in [0.25, 0.3) is 37.1 Å². The zero-order valence-electron chi connectivity index (χ0n) is 19.7. The summed E-state index contributed by atoms with van der Waals surface area (Å²) >= 11 is 3.04. The molecule has 1 atom stereocenters. The second-order valence-electron chi connectivity index (χ2n) is 8.57. The van der Waals surface area contributed by atoms with Gasteiger partial charge in [-0.05, 0) is 36.1 Å². The van der Waals surface area contributed by atoms with Crippen molar-refractivity contribution in [2.75, 3.05) is 7.11 Å². The maximum atomic E-state index is 14.2. The molecule has 0 radical (unpaired) electrons. The van der Waals surface area contributed by atoms with Crippen LogP contribution in [0.5, 0.6) is 5.19 Å². The van der Waals surface area contributed by atoms with Crippen LogP contribution in [-0.2, 0) is 6.42 Å². The Morgan fingerprint density at radius 3 is 2.69 bits per heavy atom. The van der Waals surface area contributed by atoms with Gasteiger partial charge in [0.25, 0.3) is 10.8 Å². The first-order valence-electron chi connectivity index (χ1n) is 11.6. The average molecular weight is 511 g/mol. The molecule has 0 saturated carbocycles. The maximum absolute atomic E-state index is 14.2. The third-order valence-corrected chi connectivity index (χ3v) is 8.13. The second-order valence-corrected chi connectivity index (χ2v) is 10.5. The van der Waals surface area contributed by atoms with E-state index in [1.165, 1.54) is 11.3 Å². The third kappa shape index (κ3) is 3.88. The van der Waals surface area contributed by atoms with Crippen molar-refractivity contribution < 1.29 is 4.74 Å². The number of pyridine rings is 2. The van der Waals surface area contributed by atoms with E-state index in [9.17, 15) is 4.79 Å². The van der Waals surface area contributed by atoms with Gasteiger partial charge in [-0.25, -0.2) is 9.97 Å². The minimum Gasteiger partial charge on any atom is -0.473 e. The van der Waals surface area contributed by atoms with Crippen molar-refractivity contribution in [2.24, 2.45) is 0 Å². The van der Waals surface area contributed by atoms with Gasteiger partial charge in [-0.2, -0.15) is 0 Å². The molecular weight excluding hydrogens is 488 g/mol. The SMILES string of the molecule is COc1ncc(-c2cccc3cc([C@H](C)Cc4nccc5scnc45)n(-c4ccccc4)c(=O)c23)s1. The summed E-state index contributed by atoms with van der Waals surface area (Å²) in [5, 5.41) is 2.14. The highest BCUT2D eigenvalue weighted by Gasteiger charge is 2.21. The number of hydrogen-bond acceptors (Lipinski definition) is 7. The smallest absolute Gasteiger partial charge is 0.273 e. The Balaban J connectivity index is 1.56. The van der Waals surface area contributed by atoms with Crippen molar-refractivity contribution in [2.45, 2.75) is 19.3 Å². The first kappa shape index (κ1) is 22.6. The molecule has 0 aliphatic carbocycles. The van der Waals surface area contributed by atoms with Crippen LogP contribution in [0.15, 0.2) is 83.4 Å². The molecule has 6 nitrogen and oxygen atoms in total. The lowest BCUT2D eigenvalue weighted by Gasteiger charge is -2.20. The number of ether oxygens (including phenoxy) is 1. The van der Waals surface area contributed by atoms with Crippen LogP contribution in [0.1, 0.15) is 24.2 Å². The Labute approximate surface area is 215 Å². The van der Waals surface area contributed by atoms with Crippen molar-refractivity contribution in [1.82, 2.24) is 19.5 Å². The van der Waals surface area contributed by atoms with Crippen LogP contribution < -0.4 is 10.3 Å². The molecule has 0 aliphatic rings. The number of rotatable bonds is 6. The Kier molecular flexibility index (Phi) is 5.83. The number of methoxy groups -OCH3 is 1. The van der Waals surface area contributed by atoms with Crippen molar-refractivity contribution in [1.29, 1.82) is 0 Å². The maximum Gasteiger partial charge on any atom is 0.273 e. The Hall–Kier alpha value is -3.88. The number of aromatic nitrogens is 4. The van der Waals surface area contributed by atoms with Gasteiger partial charge in [-0.15, -0.1) is 11.3 Å². The zero-order chi connectivity index (χ0) is 24.6. The Bertz CT molecular complexity index is 1750. The van der Waals surface area contributed by atoms with Gasteiger partial charge in [-0.1, -0.05) is 54.7 Å². The molecule has 36 heavy (non-hydrogen) atoms. The van der Waals surface area contributed by atoms with E-state index in [1.807, 2.05) is 70.9 Å². The molecule has 6 rings (SSSR count). The normalized spacial score (nSPS) is 12.3. The predicted octanol–water partition coefficient (Wildman–Crippen LogP) is 6.47. The van der Waals surface area contributed by atoms with E-state index in [4.69, 9.17) is 4.74 Å². The van der Waals surface area contributed by atoms with Gasteiger partial charge in [0.05, 0.1) is 33.3 Å². The van der Waals surface area contributed by atoms with Crippen molar-refractivity contribution >= 4 is 43.7 Å². The highest BCUT2D eigenvalue weighted by molar-refractivity contribution is 7.17. The third-order valence-electron chi connectivity index (χ3n) is 6.34. The molecule has 6 aromatic rings. The fourth-order valence-corrected chi connectivity index (χ4v) is 6.12. The summed E-state index contributed by atoms with van der Waals surface area (Å²) in [6.07, 6.45) is 4.27. The molecule has 0 bridgehead atoms. The molecule has 0 N–H and O–H groups in total. The second kappa shape index (κ2) is 9.29. The number of fused-ring (bicyclic) bond motifs is 2. The van der Waals surface area contributed by atoms with Crippen molar-refractivity contribution in [3.8, 4) is 21.3 Å². The fraction of sp³-hybridized carbons (Fsp3) is 0.143. The summed E-state index contributed by atoms with van der Waals surface area (Å²) < 4.78 is 8.26. The van der Waals surface area contributed by atoms with Crippen LogP contribution in [-0.4, -0.2) is 26.6 Å². The van der Waals surface area contributed by atoms with E-state index in [0.29, 0.717) is 17.0 Å². The number of nitrogens with zero attached hydrogens (tertiary/aromatic N) is 4. The van der Waals surface area contributed by atoms with E-state index in [1.54, 1.807) is 24.6 Å².